The number of rotatable bonds is 3. The minimum atomic E-state index is 0.496. The van der Waals surface area contributed by atoms with Gasteiger partial charge >= 0.3 is 0 Å². The molecule has 1 fully saturated rings. The SMILES string of the molecule is COCC1CCC(c2nnn3cnc4[nH]ccc4c23)CC1. The summed E-state index contributed by atoms with van der Waals surface area (Å²) >= 11 is 0. The summed E-state index contributed by atoms with van der Waals surface area (Å²) in [7, 11) is 1.79. The molecule has 0 saturated heterocycles. The van der Waals surface area contributed by atoms with Gasteiger partial charge in [0.15, 0.2) is 0 Å². The molecule has 0 radical (unpaired) electrons. The molecule has 3 heterocycles. The molecule has 0 aliphatic heterocycles. The van der Waals surface area contributed by atoms with E-state index >= 15 is 0 Å². The van der Waals surface area contributed by atoms with E-state index in [0.29, 0.717) is 11.8 Å². The van der Waals surface area contributed by atoms with E-state index in [4.69, 9.17) is 4.74 Å². The summed E-state index contributed by atoms with van der Waals surface area (Å²) in [4.78, 5) is 7.51. The molecule has 0 aromatic carbocycles. The Labute approximate surface area is 122 Å². The summed E-state index contributed by atoms with van der Waals surface area (Å²) in [5.41, 5.74) is 3.13. The molecule has 110 valence electrons. The van der Waals surface area contributed by atoms with Crippen LogP contribution >= 0.6 is 0 Å². The van der Waals surface area contributed by atoms with Gasteiger partial charge in [-0.05, 0) is 37.7 Å². The third kappa shape index (κ3) is 2.10. The standard InChI is InChI=1S/C15H19N5O/c1-21-8-10-2-4-11(5-3-10)13-14-12-6-7-16-15(12)17-9-20(14)19-18-13/h6-7,9-11,16H,2-5,8H2,1H3. The van der Waals surface area contributed by atoms with Crippen molar-refractivity contribution in [1.82, 2.24) is 24.8 Å². The Kier molecular flexibility index (Phi) is 3.11. The number of hydrogen-bond donors (Lipinski definition) is 1. The Morgan fingerprint density at radius 3 is 3.00 bits per heavy atom. The number of H-pyrrole nitrogens is 1. The van der Waals surface area contributed by atoms with Crippen molar-refractivity contribution >= 4 is 16.6 Å². The van der Waals surface area contributed by atoms with Crippen LogP contribution in [0.4, 0.5) is 0 Å². The van der Waals surface area contributed by atoms with E-state index in [2.05, 4.69) is 26.3 Å². The zero-order valence-electron chi connectivity index (χ0n) is 12.1. The molecule has 0 spiro atoms. The molecule has 6 heteroatoms. The quantitative estimate of drug-likeness (QED) is 0.803. The van der Waals surface area contributed by atoms with Gasteiger partial charge in [0.05, 0.1) is 5.69 Å². The van der Waals surface area contributed by atoms with Gasteiger partial charge in [0.25, 0.3) is 0 Å². The van der Waals surface area contributed by atoms with Gasteiger partial charge in [0.1, 0.15) is 17.5 Å². The summed E-state index contributed by atoms with van der Waals surface area (Å²) in [5.74, 6) is 1.19. The van der Waals surface area contributed by atoms with Gasteiger partial charge in [0.2, 0.25) is 0 Å². The van der Waals surface area contributed by atoms with Crippen molar-refractivity contribution < 1.29 is 4.74 Å². The van der Waals surface area contributed by atoms with E-state index in [1.807, 2.05) is 6.20 Å². The summed E-state index contributed by atoms with van der Waals surface area (Å²) in [5, 5.41) is 9.80. The zero-order valence-corrected chi connectivity index (χ0v) is 12.1. The molecule has 0 amide bonds. The van der Waals surface area contributed by atoms with Crippen LogP contribution in [-0.2, 0) is 4.74 Å². The molecule has 1 aliphatic carbocycles. The monoisotopic (exact) mass is 285 g/mol. The highest BCUT2D eigenvalue weighted by Gasteiger charge is 2.26. The first-order chi connectivity index (χ1) is 10.4. The molecular weight excluding hydrogens is 266 g/mol. The molecule has 1 saturated carbocycles. The Balaban J connectivity index is 1.69. The predicted octanol–water partition coefficient (Wildman–Crippen LogP) is 2.53. The fourth-order valence-corrected chi connectivity index (χ4v) is 3.53. The van der Waals surface area contributed by atoms with Crippen molar-refractivity contribution in [2.24, 2.45) is 5.92 Å². The molecule has 1 aliphatic rings. The van der Waals surface area contributed by atoms with Gasteiger partial charge in [-0.25, -0.2) is 9.50 Å². The van der Waals surface area contributed by atoms with Crippen molar-refractivity contribution in [2.45, 2.75) is 31.6 Å². The number of hydrogen-bond acceptors (Lipinski definition) is 4. The average Bonchev–Trinajstić information content (AvgIpc) is 3.14. The molecule has 0 atom stereocenters. The molecule has 3 aromatic rings. The molecule has 0 unspecified atom stereocenters. The second-order valence-corrected chi connectivity index (χ2v) is 5.93. The minimum absolute atomic E-state index is 0.496. The third-order valence-electron chi connectivity index (χ3n) is 4.63. The van der Waals surface area contributed by atoms with E-state index in [9.17, 15) is 0 Å². The van der Waals surface area contributed by atoms with Crippen LogP contribution in [0.15, 0.2) is 18.6 Å². The zero-order chi connectivity index (χ0) is 14.2. The van der Waals surface area contributed by atoms with Crippen molar-refractivity contribution in [3.8, 4) is 0 Å². The average molecular weight is 285 g/mol. The molecule has 1 N–H and O–H groups in total. The van der Waals surface area contributed by atoms with Crippen LogP contribution in [0.2, 0.25) is 0 Å². The third-order valence-corrected chi connectivity index (χ3v) is 4.63. The summed E-state index contributed by atoms with van der Waals surface area (Å²) in [6.45, 7) is 0.876. The first kappa shape index (κ1) is 12.8. The predicted molar refractivity (Wildman–Crippen MR) is 79.2 cm³/mol. The number of nitrogens with zero attached hydrogens (tertiary/aromatic N) is 4. The number of nitrogens with one attached hydrogen (secondary N) is 1. The van der Waals surface area contributed by atoms with Crippen LogP contribution in [-0.4, -0.2) is 38.5 Å². The van der Waals surface area contributed by atoms with Crippen LogP contribution in [0.25, 0.3) is 16.6 Å². The summed E-state index contributed by atoms with van der Waals surface area (Å²) in [6, 6.07) is 2.06. The van der Waals surface area contributed by atoms with Crippen molar-refractivity contribution in [2.75, 3.05) is 13.7 Å². The smallest absolute Gasteiger partial charge is 0.141 e. The lowest BCUT2D eigenvalue weighted by molar-refractivity contribution is 0.127. The van der Waals surface area contributed by atoms with Gasteiger partial charge in [-0.1, -0.05) is 5.21 Å². The second-order valence-electron chi connectivity index (χ2n) is 5.93. The Morgan fingerprint density at radius 1 is 1.33 bits per heavy atom. The van der Waals surface area contributed by atoms with Gasteiger partial charge < -0.3 is 9.72 Å². The Hall–Kier alpha value is -1.95. The van der Waals surface area contributed by atoms with Crippen LogP contribution in [0, 0.1) is 5.92 Å². The maximum atomic E-state index is 5.28. The maximum Gasteiger partial charge on any atom is 0.141 e. The number of methoxy groups -OCH3 is 1. The molecule has 6 nitrogen and oxygen atoms in total. The van der Waals surface area contributed by atoms with E-state index in [1.165, 1.54) is 12.8 Å². The lowest BCUT2D eigenvalue weighted by Gasteiger charge is -2.26. The molecule has 0 bridgehead atoms. The largest absolute Gasteiger partial charge is 0.384 e. The highest BCUT2D eigenvalue weighted by Crippen LogP contribution is 2.37. The molecule has 21 heavy (non-hydrogen) atoms. The van der Waals surface area contributed by atoms with Crippen LogP contribution in [0.3, 0.4) is 0 Å². The second kappa shape index (κ2) is 5.11. The highest BCUT2D eigenvalue weighted by atomic mass is 16.5. The van der Waals surface area contributed by atoms with Crippen LogP contribution in [0.5, 0.6) is 0 Å². The number of aromatic nitrogens is 5. The normalized spacial score (nSPS) is 23.1. The highest BCUT2D eigenvalue weighted by molar-refractivity contribution is 5.92. The van der Waals surface area contributed by atoms with Crippen molar-refractivity contribution in [3.05, 3.63) is 24.3 Å². The first-order valence-electron chi connectivity index (χ1n) is 7.52. The molecule has 4 rings (SSSR count). The number of ether oxygens (including phenoxy) is 1. The Bertz CT molecular complexity index is 754. The Morgan fingerprint density at radius 2 is 2.19 bits per heavy atom. The van der Waals surface area contributed by atoms with E-state index in [-0.39, 0.29) is 0 Å². The van der Waals surface area contributed by atoms with Crippen LogP contribution < -0.4 is 0 Å². The van der Waals surface area contributed by atoms with E-state index in [0.717, 1.165) is 41.7 Å². The van der Waals surface area contributed by atoms with Crippen molar-refractivity contribution in [1.29, 1.82) is 0 Å². The molecular formula is C15H19N5O. The minimum Gasteiger partial charge on any atom is -0.384 e. The number of fused-ring (bicyclic) bond motifs is 3. The topological polar surface area (TPSA) is 68.1 Å². The lowest BCUT2D eigenvalue weighted by atomic mass is 9.80. The van der Waals surface area contributed by atoms with Gasteiger partial charge in [-0.3, -0.25) is 0 Å². The van der Waals surface area contributed by atoms with E-state index < -0.39 is 0 Å². The number of aromatic amines is 1. The fraction of sp³-hybridized carbons (Fsp3) is 0.533. The van der Waals surface area contributed by atoms with E-state index in [1.54, 1.807) is 18.0 Å². The van der Waals surface area contributed by atoms with Gasteiger partial charge in [-0.15, -0.1) is 5.10 Å². The first-order valence-corrected chi connectivity index (χ1v) is 7.52. The fourth-order valence-electron chi connectivity index (χ4n) is 3.53. The molecule has 3 aromatic heterocycles. The van der Waals surface area contributed by atoms with Gasteiger partial charge in [0, 0.05) is 31.2 Å². The van der Waals surface area contributed by atoms with Crippen molar-refractivity contribution in [3.63, 3.8) is 0 Å². The van der Waals surface area contributed by atoms with Gasteiger partial charge in [-0.2, -0.15) is 0 Å². The summed E-state index contributed by atoms with van der Waals surface area (Å²) < 4.78 is 7.08. The lowest BCUT2D eigenvalue weighted by Crippen LogP contribution is -2.17. The maximum absolute atomic E-state index is 5.28. The summed E-state index contributed by atoms with van der Waals surface area (Å²) in [6.07, 6.45) is 8.40. The van der Waals surface area contributed by atoms with Crippen LogP contribution in [0.1, 0.15) is 37.3 Å².